The molecule has 0 saturated heterocycles. The highest BCUT2D eigenvalue weighted by Crippen LogP contribution is 2.15. The zero-order valence-corrected chi connectivity index (χ0v) is 17.3. The number of hydrogen-bond donors (Lipinski definition) is 1. The van der Waals surface area contributed by atoms with Crippen LogP contribution in [0.3, 0.4) is 0 Å². The SMILES string of the molecule is COC(=O)C(Cc1ccccc1)NC(=O)Cc1nn(C(C)C)c(=O)c2ccccc12. The van der Waals surface area contributed by atoms with Crippen LogP contribution in [0.25, 0.3) is 10.8 Å². The van der Waals surface area contributed by atoms with Gasteiger partial charge in [0.15, 0.2) is 0 Å². The van der Waals surface area contributed by atoms with E-state index in [9.17, 15) is 14.4 Å². The zero-order chi connectivity index (χ0) is 21.7. The number of carbonyl (C=O) groups is 2. The highest BCUT2D eigenvalue weighted by Gasteiger charge is 2.23. The number of rotatable bonds is 7. The van der Waals surface area contributed by atoms with E-state index in [2.05, 4.69) is 10.4 Å². The van der Waals surface area contributed by atoms with Gasteiger partial charge in [-0.3, -0.25) is 9.59 Å². The van der Waals surface area contributed by atoms with E-state index < -0.39 is 12.0 Å². The minimum absolute atomic E-state index is 0.0597. The Hall–Kier alpha value is -3.48. The van der Waals surface area contributed by atoms with Crippen LogP contribution in [0.5, 0.6) is 0 Å². The summed E-state index contributed by atoms with van der Waals surface area (Å²) >= 11 is 0. The number of methoxy groups -OCH3 is 1. The van der Waals surface area contributed by atoms with Gasteiger partial charge >= 0.3 is 5.97 Å². The number of ether oxygens (including phenoxy) is 1. The van der Waals surface area contributed by atoms with Crippen molar-refractivity contribution in [3.05, 3.63) is 76.2 Å². The molecule has 0 aliphatic carbocycles. The van der Waals surface area contributed by atoms with Crippen LogP contribution < -0.4 is 10.9 Å². The summed E-state index contributed by atoms with van der Waals surface area (Å²) in [4.78, 5) is 37.7. The van der Waals surface area contributed by atoms with Crippen molar-refractivity contribution in [2.24, 2.45) is 0 Å². The number of benzene rings is 2. The number of esters is 1. The van der Waals surface area contributed by atoms with Crippen molar-refractivity contribution in [1.29, 1.82) is 0 Å². The van der Waals surface area contributed by atoms with Gasteiger partial charge in [0.1, 0.15) is 6.04 Å². The number of fused-ring (bicyclic) bond motifs is 1. The molecule has 0 aliphatic rings. The van der Waals surface area contributed by atoms with E-state index in [1.807, 2.05) is 44.2 Å². The lowest BCUT2D eigenvalue weighted by Gasteiger charge is -2.17. The lowest BCUT2D eigenvalue weighted by atomic mass is 10.1. The normalized spacial score (nSPS) is 12.0. The zero-order valence-electron chi connectivity index (χ0n) is 17.3. The molecule has 2 aromatic carbocycles. The maximum Gasteiger partial charge on any atom is 0.328 e. The van der Waals surface area contributed by atoms with E-state index in [-0.39, 0.29) is 23.9 Å². The summed E-state index contributed by atoms with van der Waals surface area (Å²) in [6.07, 6.45) is 0.259. The molecule has 3 aromatic rings. The summed E-state index contributed by atoms with van der Waals surface area (Å²) in [6, 6.07) is 15.5. The van der Waals surface area contributed by atoms with Gasteiger partial charge in [-0.1, -0.05) is 48.5 Å². The third-order valence-corrected chi connectivity index (χ3v) is 4.83. The molecular formula is C23H25N3O4. The summed E-state index contributed by atoms with van der Waals surface area (Å²) in [7, 11) is 1.29. The van der Waals surface area contributed by atoms with E-state index in [1.165, 1.54) is 11.8 Å². The van der Waals surface area contributed by atoms with Crippen molar-refractivity contribution in [2.45, 2.75) is 38.8 Å². The van der Waals surface area contributed by atoms with Crippen LogP contribution in [0.4, 0.5) is 0 Å². The number of nitrogens with zero attached hydrogens (tertiary/aromatic N) is 2. The molecule has 1 amide bonds. The van der Waals surface area contributed by atoms with Gasteiger partial charge in [0.25, 0.3) is 5.56 Å². The van der Waals surface area contributed by atoms with Gasteiger partial charge < -0.3 is 10.1 Å². The second kappa shape index (κ2) is 9.35. The molecule has 30 heavy (non-hydrogen) atoms. The molecule has 7 nitrogen and oxygen atoms in total. The molecule has 3 rings (SSSR count). The topological polar surface area (TPSA) is 90.3 Å². The highest BCUT2D eigenvalue weighted by molar-refractivity contribution is 5.90. The van der Waals surface area contributed by atoms with Crippen LogP contribution in [0.1, 0.15) is 31.1 Å². The van der Waals surface area contributed by atoms with Gasteiger partial charge in [-0.2, -0.15) is 5.10 Å². The van der Waals surface area contributed by atoms with Gasteiger partial charge in [0.05, 0.1) is 30.7 Å². The predicted molar refractivity (Wildman–Crippen MR) is 114 cm³/mol. The van der Waals surface area contributed by atoms with E-state index >= 15 is 0 Å². The fraction of sp³-hybridized carbons (Fsp3) is 0.304. The lowest BCUT2D eigenvalue weighted by molar-refractivity contribution is -0.145. The molecule has 0 saturated carbocycles. The van der Waals surface area contributed by atoms with Crippen molar-refractivity contribution in [3.8, 4) is 0 Å². The third kappa shape index (κ3) is 4.74. The minimum atomic E-state index is -0.813. The van der Waals surface area contributed by atoms with Crippen LogP contribution in [-0.4, -0.2) is 34.8 Å². The van der Waals surface area contributed by atoms with Crippen LogP contribution >= 0.6 is 0 Å². The molecule has 1 unspecified atom stereocenters. The molecule has 0 radical (unpaired) electrons. The molecule has 0 fully saturated rings. The smallest absolute Gasteiger partial charge is 0.328 e. The van der Waals surface area contributed by atoms with Crippen molar-refractivity contribution in [2.75, 3.05) is 7.11 Å². The maximum absolute atomic E-state index is 12.8. The fourth-order valence-electron chi connectivity index (χ4n) is 3.34. The predicted octanol–water partition coefficient (Wildman–Crippen LogP) is 2.42. The first-order chi connectivity index (χ1) is 14.4. The molecule has 1 aromatic heterocycles. The standard InChI is InChI=1S/C23H25N3O4/c1-15(2)26-22(28)18-12-8-7-11-17(18)19(25-26)14-21(27)24-20(23(29)30-3)13-16-9-5-4-6-10-16/h4-12,15,20H,13-14H2,1-3H3,(H,24,27). The Kier molecular flexibility index (Phi) is 6.61. The number of aromatic nitrogens is 2. The number of amides is 1. The van der Waals surface area contributed by atoms with Gasteiger partial charge in [0, 0.05) is 11.8 Å². The van der Waals surface area contributed by atoms with E-state index in [0.29, 0.717) is 22.9 Å². The first-order valence-electron chi connectivity index (χ1n) is 9.82. The molecule has 1 atom stereocenters. The largest absolute Gasteiger partial charge is 0.467 e. The number of carbonyl (C=O) groups excluding carboxylic acids is 2. The first-order valence-corrected chi connectivity index (χ1v) is 9.82. The van der Waals surface area contributed by atoms with Crippen molar-refractivity contribution in [3.63, 3.8) is 0 Å². The minimum Gasteiger partial charge on any atom is -0.467 e. The molecule has 1 N–H and O–H groups in total. The van der Waals surface area contributed by atoms with Crippen LogP contribution in [-0.2, 0) is 27.2 Å². The van der Waals surface area contributed by atoms with Gasteiger partial charge in [-0.15, -0.1) is 0 Å². The molecule has 1 heterocycles. The Morgan fingerprint density at radius 1 is 1.03 bits per heavy atom. The van der Waals surface area contributed by atoms with E-state index in [0.717, 1.165) is 5.56 Å². The highest BCUT2D eigenvalue weighted by atomic mass is 16.5. The lowest BCUT2D eigenvalue weighted by Crippen LogP contribution is -2.44. The van der Waals surface area contributed by atoms with E-state index in [4.69, 9.17) is 4.74 Å². The Morgan fingerprint density at radius 2 is 1.67 bits per heavy atom. The Labute approximate surface area is 174 Å². The summed E-state index contributed by atoms with van der Waals surface area (Å²) in [5, 5.41) is 8.32. The van der Waals surface area contributed by atoms with Crippen molar-refractivity contribution >= 4 is 22.6 Å². The molecule has 0 bridgehead atoms. The Morgan fingerprint density at radius 3 is 2.30 bits per heavy atom. The van der Waals surface area contributed by atoms with Crippen molar-refractivity contribution in [1.82, 2.24) is 15.1 Å². The molecule has 0 aliphatic heterocycles. The monoisotopic (exact) mass is 407 g/mol. The second-order valence-corrected chi connectivity index (χ2v) is 7.35. The molecular weight excluding hydrogens is 382 g/mol. The van der Waals surface area contributed by atoms with Gasteiger partial charge in [-0.25, -0.2) is 9.48 Å². The third-order valence-electron chi connectivity index (χ3n) is 4.83. The van der Waals surface area contributed by atoms with Crippen LogP contribution in [0, 0.1) is 0 Å². The second-order valence-electron chi connectivity index (χ2n) is 7.35. The average Bonchev–Trinajstić information content (AvgIpc) is 2.75. The summed E-state index contributed by atoms with van der Waals surface area (Å²) < 4.78 is 6.24. The first kappa shape index (κ1) is 21.2. The maximum atomic E-state index is 12.8. The molecule has 156 valence electrons. The van der Waals surface area contributed by atoms with Crippen LogP contribution in [0.2, 0.25) is 0 Å². The fourth-order valence-corrected chi connectivity index (χ4v) is 3.34. The number of hydrogen-bond acceptors (Lipinski definition) is 5. The Bertz CT molecular complexity index is 1110. The summed E-state index contributed by atoms with van der Waals surface area (Å²) in [5.41, 5.74) is 1.20. The summed E-state index contributed by atoms with van der Waals surface area (Å²) in [5.74, 6) is -0.884. The summed E-state index contributed by atoms with van der Waals surface area (Å²) in [6.45, 7) is 3.72. The van der Waals surface area contributed by atoms with Gasteiger partial charge in [-0.05, 0) is 25.5 Å². The van der Waals surface area contributed by atoms with Gasteiger partial charge in [0.2, 0.25) is 5.91 Å². The van der Waals surface area contributed by atoms with Crippen molar-refractivity contribution < 1.29 is 14.3 Å². The van der Waals surface area contributed by atoms with E-state index in [1.54, 1.807) is 24.3 Å². The molecule has 7 heteroatoms. The molecule has 0 spiro atoms. The number of nitrogens with one attached hydrogen (secondary N) is 1. The average molecular weight is 407 g/mol. The Balaban J connectivity index is 1.87. The quantitative estimate of drug-likeness (QED) is 0.608. The van der Waals surface area contributed by atoms with Crippen LogP contribution in [0.15, 0.2) is 59.4 Å².